The number of hydrogen-bond acceptors (Lipinski definition) is 7. The summed E-state index contributed by atoms with van der Waals surface area (Å²) in [6, 6.07) is 3.10. The number of nitrogen functional groups attached to an aromatic ring is 1. The van der Waals surface area contributed by atoms with Crippen molar-refractivity contribution in [2.24, 2.45) is 0 Å². The fourth-order valence-electron chi connectivity index (χ4n) is 2.27. The Morgan fingerprint density at radius 3 is 2.48 bits per heavy atom. The third-order valence-corrected chi connectivity index (χ3v) is 5.90. The van der Waals surface area contributed by atoms with Crippen LogP contribution in [0.5, 0.6) is 0 Å². The molecule has 0 saturated carbocycles. The average Bonchev–Trinajstić information content (AvgIpc) is 3.03. The lowest BCUT2D eigenvalue weighted by Crippen LogP contribution is -2.32. The number of hydrogen-bond donors (Lipinski definition) is 2. The first-order valence-corrected chi connectivity index (χ1v) is 10.7. The van der Waals surface area contributed by atoms with Crippen LogP contribution < -0.4 is 11.2 Å². The maximum atomic E-state index is 13.3. The van der Waals surface area contributed by atoms with Crippen molar-refractivity contribution in [3.05, 3.63) is 29.8 Å². The minimum absolute atomic E-state index is 0.0310. The van der Waals surface area contributed by atoms with Gasteiger partial charge in [-0.25, -0.2) is 13.5 Å². The van der Waals surface area contributed by atoms with Crippen LogP contribution in [0.3, 0.4) is 0 Å². The van der Waals surface area contributed by atoms with E-state index in [1.807, 2.05) is 13.8 Å². The van der Waals surface area contributed by atoms with Crippen molar-refractivity contribution in [3.8, 4) is 0 Å². The predicted octanol–water partition coefficient (Wildman–Crippen LogP) is 2.35. The van der Waals surface area contributed by atoms with Crippen molar-refractivity contribution < 1.29 is 18.4 Å². The molecule has 1 heterocycles. The Hall–Kier alpha value is -2.34. The molecule has 0 aliphatic carbocycles. The molecule has 0 bridgehead atoms. The van der Waals surface area contributed by atoms with Gasteiger partial charge in [-0.3, -0.25) is 9.59 Å². The van der Waals surface area contributed by atoms with E-state index in [-0.39, 0.29) is 22.5 Å². The van der Waals surface area contributed by atoms with Gasteiger partial charge in [-0.2, -0.15) is 0 Å². The van der Waals surface area contributed by atoms with Crippen molar-refractivity contribution in [2.75, 3.05) is 30.0 Å². The molecule has 8 nitrogen and oxygen atoms in total. The number of carbonyl (C=O) groups is 2. The first-order valence-electron chi connectivity index (χ1n) is 8.80. The quantitative estimate of drug-likeness (QED) is 0.452. The number of nitrogens with two attached hydrogens (primary N) is 1. The summed E-state index contributed by atoms with van der Waals surface area (Å²) in [7, 11) is 0. The number of carbonyl (C=O) groups excluding carboxylic acids is 2. The van der Waals surface area contributed by atoms with Gasteiger partial charge in [0.15, 0.2) is 11.6 Å². The zero-order valence-electron chi connectivity index (χ0n) is 16.2. The molecule has 0 spiro atoms. The molecule has 0 radical (unpaired) electrons. The maximum absolute atomic E-state index is 13.3. The smallest absolute Gasteiger partial charge is 0.237 e. The number of thioether (sulfide) groups is 2. The number of benzene rings is 1. The second-order valence-corrected chi connectivity index (χ2v) is 8.12. The Morgan fingerprint density at radius 2 is 1.86 bits per heavy atom. The number of anilines is 1. The van der Waals surface area contributed by atoms with Gasteiger partial charge >= 0.3 is 0 Å². The van der Waals surface area contributed by atoms with Gasteiger partial charge in [-0.1, -0.05) is 23.5 Å². The van der Waals surface area contributed by atoms with Crippen LogP contribution in [0.1, 0.15) is 20.8 Å². The number of halogens is 2. The van der Waals surface area contributed by atoms with Crippen LogP contribution in [-0.2, 0) is 9.59 Å². The Balaban J connectivity index is 1.95. The van der Waals surface area contributed by atoms with Crippen molar-refractivity contribution in [3.63, 3.8) is 0 Å². The molecule has 158 valence electrons. The molecule has 2 amide bonds. The summed E-state index contributed by atoms with van der Waals surface area (Å²) in [6.07, 6.45) is 0. The number of nitrogens with zero attached hydrogens (tertiary/aromatic N) is 4. The Kier molecular flexibility index (Phi) is 8.26. The van der Waals surface area contributed by atoms with Crippen molar-refractivity contribution in [1.29, 1.82) is 0 Å². The molecule has 3 N–H and O–H groups in total. The summed E-state index contributed by atoms with van der Waals surface area (Å²) >= 11 is 2.21. The average molecular weight is 445 g/mol. The summed E-state index contributed by atoms with van der Waals surface area (Å²) in [5.74, 6) is 3.63. The molecular weight excluding hydrogens is 422 g/mol. The third-order valence-electron chi connectivity index (χ3n) is 3.91. The Morgan fingerprint density at radius 1 is 1.21 bits per heavy atom. The number of rotatable bonds is 9. The molecule has 0 aliphatic heterocycles. The highest BCUT2D eigenvalue weighted by molar-refractivity contribution is 8.00. The van der Waals surface area contributed by atoms with E-state index in [1.165, 1.54) is 10.7 Å². The third kappa shape index (κ3) is 6.07. The van der Waals surface area contributed by atoms with E-state index in [4.69, 9.17) is 5.84 Å². The molecule has 2 aromatic rings. The largest absolute Gasteiger partial charge is 0.343 e. The standard InChI is InChI=1S/C17H22F2N6O2S2/c1-4-24(5-2)14(26)9-28-16-22-23-17(25(16)20)29-10(3)15(27)21-11-6-7-12(18)13(19)8-11/h6-8,10H,4-5,9,20H2,1-3H3,(H,21,27). The van der Waals surface area contributed by atoms with Crippen molar-refractivity contribution in [2.45, 2.75) is 36.3 Å². The molecule has 1 atom stereocenters. The van der Waals surface area contributed by atoms with E-state index in [1.54, 1.807) is 11.8 Å². The minimum atomic E-state index is -1.05. The number of nitrogens with one attached hydrogen (secondary N) is 1. The van der Waals surface area contributed by atoms with E-state index in [2.05, 4.69) is 15.5 Å². The summed E-state index contributed by atoms with van der Waals surface area (Å²) in [4.78, 5) is 26.1. The van der Waals surface area contributed by atoms with Crippen molar-refractivity contribution in [1.82, 2.24) is 19.8 Å². The molecule has 0 fully saturated rings. The summed E-state index contributed by atoms with van der Waals surface area (Å²) in [5, 5.41) is 10.4. The van der Waals surface area contributed by atoms with Gasteiger partial charge in [0.2, 0.25) is 22.1 Å². The van der Waals surface area contributed by atoms with E-state index >= 15 is 0 Å². The lowest BCUT2D eigenvalue weighted by atomic mass is 10.3. The first-order chi connectivity index (χ1) is 13.8. The second-order valence-electron chi connectivity index (χ2n) is 5.87. The molecule has 12 heteroatoms. The van der Waals surface area contributed by atoms with Crippen LogP contribution in [0.2, 0.25) is 0 Å². The lowest BCUT2D eigenvalue weighted by Gasteiger charge is -2.17. The fraction of sp³-hybridized carbons (Fsp3) is 0.412. The normalized spacial score (nSPS) is 11.9. The summed E-state index contributed by atoms with van der Waals surface area (Å²) < 4.78 is 27.5. The summed E-state index contributed by atoms with van der Waals surface area (Å²) in [6.45, 7) is 6.66. The lowest BCUT2D eigenvalue weighted by molar-refractivity contribution is -0.128. The van der Waals surface area contributed by atoms with Crippen LogP contribution in [0.25, 0.3) is 0 Å². The predicted molar refractivity (Wildman–Crippen MR) is 109 cm³/mol. The van der Waals surface area contributed by atoms with Crippen LogP contribution in [0.4, 0.5) is 14.5 Å². The van der Waals surface area contributed by atoms with Crippen LogP contribution in [0, 0.1) is 11.6 Å². The zero-order chi connectivity index (χ0) is 21.6. The maximum Gasteiger partial charge on any atom is 0.237 e. The molecular formula is C17H22F2N6O2S2. The summed E-state index contributed by atoms with van der Waals surface area (Å²) in [5.41, 5.74) is 0.140. The molecule has 0 saturated heterocycles. The van der Waals surface area contributed by atoms with Gasteiger partial charge in [-0.15, -0.1) is 10.2 Å². The minimum Gasteiger partial charge on any atom is -0.343 e. The van der Waals surface area contributed by atoms with Crippen molar-refractivity contribution >= 4 is 41.0 Å². The van der Waals surface area contributed by atoms with Crippen LogP contribution in [0.15, 0.2) is 28.5 Å². The number of amides is 2. The van der Waals surface area contributed by atoms with Gasteiger partial charge in [0, 0.05) is 24.8 Å². The SMILES string of the molecule is CCN(CC)C(=O)CSc1nnc(SC(C)C(=O)Nc2ccc(F)c(F)c2)n1N. The second kappa shape index (κ2) is 10.4. The van der Waals surface area contributed by atoms with Gasteiger partial charge in [0.05, 0.1) is 11.0 Å². The van der Waals surface area contributed by atoms with Gasteiger partial charge in [-0.05, 0) is 32.9 Å². The molecule has 29 heavy (non-hydrogen) atoms. The van der Waals surface area contributed by atoms with E-state index in [0.717, 1.165) is 35.7 Å². The topological polar surface area (TPSA) is 106 Å². The molecule has 1 aromatic heterocycles. The molecule has 1 aromatic carbocycles. The van der Waals surface area contributed by atoms with Gasteiger partial charge < -0.3 is 16.1 Å². The van der Waals surface area contributed by atoms with E-state index in [0.29, 0.717) is 18.2 Å². The Bertz CT molecular complexity index is 876. The van der Waals surface area contributed by atoms with E-state index in [9.17, 15) is 18.4 Å². The number of aromatic nitrogens is 3. The van der Waals surface area contributed by atoms with E-state index < -0.39 is 22.8 Å². The van der Waals surface area contributed by atoms with Gasteiger partial charge in [0.1, 0.15) is 0 Å². The molecule has 2 rings (SSSR count). The van der Waals surface area contributed by atoms with Crippen LogP contribution in [-0.4, -0.2) is 55.7 Å². The zero-order valence-corrected chi connectivity index (χ0v) is 17.8. The molecule has 1 unspecified atom stereocenters. The van der Waals surface area contributed by atoms with Crippen LogP contribution >= 0.6 is 23.5 Å². The highest BCUT2D eigenvalue weighted by Gasteiger charge is 2.21. The first kappa shape index (κ1) is 22.9. The monoisotopic (exact) mass is 444 g/mol. The molecule has 0 aliphatic rings. The Labute approximate surface area is 175 Å². The highest BCUT2D eigenvalue weighted by Crippen LogP contribution is 2.25. The highest BCUT2D eigenvalue weighted by atomic mass is 32.2. The fourth-order valence-corrected chi connectivity index (χ4v) is 3.85. The van der Waals surface area contributed by atoms with Gasteiger partial charge in [0.25, 0.3) is 0 Å².